The van der Waals surface area contributed by atoms with Gasteiger partial charge in [-0.05, 0) is 49.2 Å². The molecule has 0 radical (unpaired) electrons. The van der Waals surface area contributed by atoms with Crippen LogP contribution in [-0.2, 0) is 15.8 Å². The maximum Gasteiger partial charge on any atom is 0.416 e. The van der Waals surface area contributed by atoms with Gasteiger partial charge in [0.05, 0.1) is 22.8 Å². The lowest BCUT2D eigenvalue weighted by molar-refractivity contribution is -0.153. The Balaban J connectivity index is 2.38. The van der Waals surface area contributed by atoms with Gasteiger partial charge >= 0.3 is 18.1 Å². The van der Waals surface area contributed by atoms with Crippen molar-refractivity contribution in [1.82, 2.24) is 0 Å². The highest BCUT2D eigenvalue weighted by Crippen LogP contribution is 2.53. The minimum atomic E-state index is -4.71. The number of alkyl halides is 3. The van der Waals surface area contributed by atoms with Gasteiger partial charge in [-0.1, -0.05) is 18.2 Å². The van der Waals surface area contributed by atoms with Crippen molar-refractivity contribution >= 4 is 17.6 Å². The SMILES string of the molecule is CC1N(c2cccc(C(F)(F)F)c2)C(N)=C(C(=O)O)C(c2ccc(C#N)cc2)C1(CCO)C(=O)O. The van der Waals surface area contributed by atoms with Gasteiger partial charge in [0, 0.05) is 24.3 Å². The van der Waals surface area contributed by atoms with Crippen LogP contribution >= 0.6 is 0 Å². The number of hydrogen-bond acceptors (Lipinski definition) is 6. The minimum absolute atomic E-state index is 0.148. The molecule has 0 fully saturated rings. The molecule has 3 atom stereocenters. The predicted octanol–water partition coefficient (Wildman–Crippen LogP) is 3.28. The Morgan fingerprint density at radius 3 is 2.29 bits per heavy atom. The average Bonchev–Trinajstić information content (AvgIpc) is 2.80. The second-order valence-corrected chi connectivity index (χ2v) is 8.18. The number of aliphatic hydroxyl groups excluding tert-OH is 1. The minimum Gasteiger partial charge on any atom is -0.481 e. The molecule has 0 saturated heterocycles. The summed E-state index contributed by atoms with van der Waals surface area (Å²) < 4.78 is 40.1. The molecular formula is C24H22F3N3O5. The highest BCUT2D eigenvalue weighted by molar-refractivity contribution is 5.94. The summed E-state index contributed by atoms with van der Waals surface area (Å²) in [5.74, 6) is -4.83. The summed E-state index contributed by atoms with van der Waals surface area (Å²) in [6.45, 7) is 0.763. The van der Waals surface area contributed by atoms with Crippen LogP contribution in [0.3, 0.4) is 0 Å². The van der Waals surface area contributed by atoms with Gasteiger partial charge in [0.15, 0.2) is 0 Å². The number of nitrogens with two attached hydrogens (primary N) is 1. The first kappa shape index (κ1) is 25.6. The number of hydrogen-bond donors (Lipinski definition) is 4. The quantitative estimate of drug-likeness (QED) is 0.483. The number of nitriles is 1. The molecule has 1 heterocycles. The number of aliphatic carboxylic acids is 2. The van der Waals surface area contributed by atoms with Crippen LogP contribution in [0.5, 0.6) is 0 Å². The predicted molar refractivity (Wildman–Crippen MR) is 118 cm³/mol. The van der Waals surface area contributed by atoms with Gasteiger partial charge in [0.1, 0.15) is 11.2 Å². The first-order valence-electron chi connectivity index (χ1n) is 10.4. The van der Waals surface area contributed by atoms with E-state index in [0.717, 1.165) is 23.1 Å². The standard InChI is InChI=1S/C24H22F3N3O5/c1-13-23(9-10-31,22(34)35)19(15-7-5-14(12-28)6-8-15)18(21(32)33)20(29)30(13)17-4-2-3-16(11-17)24(25,26)27/h2-8,11,13,19,31H,9-10,29H2,1H3,(H,32,33)(H,34,35). The van der Waals surface area contributed by atoms with E-state index < -0.39 is 65.5 Å². The highest BCUT2D eigenvalue weighted by Gasteiger charge is 2.59. The van der Waals surface area contributed by atoms with Crippen LogP contribution in [-0.4, -0.2) is 39.9 Å². The van der Waals surface area contributed by atoms with E-state index in [-0.39, 0.29) is 16.8 Å². The zero-order chi connectivity index (χ0) is 26.1. The lowest BCUT2D eigenvalue weighted by Gasteiger charge is -2.51. The summed E-state index contributed by atoms with van der Waals surface area (Å²) in [4.78, 5) is 26.3. The number of halogens is 3. The van der Waals surface area contributed by atoms with Crippen LogP contribution < -0.4 is 10.6 Å². The smallest absolute Gasteiger partial charge is 0.416 e. The topological polar surface area (TPSA) is 148 Å². The molecular weight excluding hydrogens is 467 g/mol. The second kappa shape index (κ2) is 9.31. The second-order valence-electron chi connectivity index (χ2n) is 8.18. The maximum atomic E-state index is 13.4. The van der Waals surface area contributed by atoms with Gasteiger partial charge < -0.3 is 26.0 Å². The fraction of sp³-hybridized carbons (Fsp3) is 0.292. The van der Waals surface area contributed by atoms with E-state index in [1.54, 1.807) is 0 Å². The number of nitrogens with zero attached hydrogens (tertiary/aromatic N) is 2. The Labute approximate surface area is 198 Å². The van der Waals surface area contributed by atoms with E-state index in [4.69, 9.17) is 11.0 Å². The number of anilines is 1. The number of carboxylic acids is 2. The van der Waals surface area contributed by atoms with E-state index >= 15 is 0 Å². The zero-order valence-electron chi connectivity index (χ0n) is 18.5. The first-order valence-corrected chi connectivity index (χ1v) is 10.4. The first-order chi connectivity index (χ1) is 16.4. The van der Waals surface area contributed by atoms with E-state index in [9.17, 15) is 38.1 Å². The van der Waals surface area contributed by atoms with Crippen molar-refractivity contribution in [3.05, 3.63) is 76.6 Å². The Hall–Kier alpha value is -4.04. The third-order valence-corrected chi connectivity index (χ3v) is 6.45. The van der Waals surface area contributed by atoms with Crippen molar-refractivity contribution in [2.75, 3.05) is 11.5 Å². The highest BCUT2D eigenvalue weighted by atomic mass is 19.4. The third kappa shape index (κ3) is 4.28. The van der Waals surface area contributed by atoms with Gasteiger partial charge in [0.25, 0.3) is 0 Å². The zero-order valence-corrected chi connectivity index (χ0v) is 18.5. The molecule has 35 heavy (non-hydrogen) atoms. The molecule has 2 aromatic carbocycles. The van der Waals surface area contributed by atoms with Crippen LogP contribution in [0.25, 0.3) is 0 Å². The van der Waals surface area contributed by atoms with Gasteiger partial charge in [-0.2, -0.15) is 18.4 Å². The average molecular weight is 489 g/mol. The normalized spacial score (nSPS) is 22.6. The van der Waals surface area contributed by atoms with Crippen LogP contribution in [0.4, 0.5) is 18.9 Å². The summed E-state index contributed by atoms with van der Waals surface area (Å²) in [5, 5.41) is 39.5. The molecule has 5 N–H and O–H groups in total. The maximum absolute atomic E-state index is 13.4. The molecule has 0 aliphatic carbocycles. The van der Waals surface area contributed by atoms with Crippen LogP contribution in [0.1, 0.15) is 36.0 Å². The van der Waals surface area contributed by atoms with Crippen molar-refractivity contribution in [2.45, 2.75) is 31.5 Å². The third-order valence-electron chi connectivity index (χ3n) is 6.45. The molecule has 8 nitrogen and oxygen atoms in total. The summed E-state index contributed by atoms with van der Waals surface area (Å²) >= 11 is 0. The lowest BCUT2D eigenvalue weighted by atomic mass is 9.60. The molecule has 11 heteroatoms. The number of benzene rings is 2. The largest absolute Gasteiger partial charge is 0.481 e. The fourth-order valence-corrected chi connectivity index (χ4v) is 4.80. The van der Waals surface area contributed by atoms with E-state index in [0.29, 0.717) is 0 Å². The summed E-state index contributed by atoms with van der Waals surface area (Å²) in [6.07, 6.45) is -5.13. The van der Waals surface area contributed by atoms with Crippen LogP contribution in [0.15, 0.2) is 59.9 Å². The van der Waals surface area contributed by atoms with Crippen molar-refractivity contribution < 1.29 is 38.1 Å². The molecule has 184 valence electrons. The summed E-state index contributed by atoms with van der Waals surface area (Å²) in [7, 11) is 0. The Morgan fingerprint density at radius 2 is 1.80 bits per heavy atom. The van der Waals surface area contributed by atoms with Crippen LogP contribution in [0.2, 0.25) is 0 Å². The molecule has 1 aliphatic heterocycles. The monoisotopic (exact) mass is 489 g/mol. The number of rotatable bonds is 6. The van der Waals surface area contributed by atoms with Gasteiger partial charge in [-0.3, -0.25) is 4.79 Å². The van der Waals surface area contributed by atoms with Crippen LogP contribution in [0, 0.1) is 16.7 Å². The lowest BCUT2D eigenvalue weighted by Crippen LogP contribution is -2.60. The van der Waals surface area contributed by atoms with Gasteiger partial charge in [-0.15, -0.1) is 0 Å². The Bertz CT molecular complexity index is 1220. The molecule has 0 bridgehead atoms. The molecule has 3 rings (SSSR count). The Morgan fingerprint density at radius 1 is 1.17 bits per heavy atom. The van der Waals surface area contributed by atoms with E-state index in [1.165, 1.54) is 37.3 Å². The summed E-state index contributed by atoms with van der Waals surface area (Å²) in [5.41, 5.74) is 2.99. The molecule has 1 aliphatic rings. The van der Waals surface area contributed by atoms with Gasteiger partial charge in [-0.25, -0.2) is 4.79 Å². The molecule has 0 amide bonds. The van der Waals surface area contributed by atoms with Gasteiger partial charge in [0.2, 0.25) is 0 Å². The molecule has 2 aromatic rings. The van der Waals surface area contributed by atoms with E-state index in [2.05, 4.69) is 0 Å². The van der Waals surface area contributed by atoms with E-state index in [1.807, 2.05) is 6.07 Å². The molecule has 0 aromatic heterocycles. The molecule has 0 spiro atoms. The summed E-state index contributed by atoms with van der Waals surface area (Å²) in [6, 6.07) is 10.3. The van der Waals surface area contributed by atoms with Crippen molar-refractivity contribution in [3.63, 3.8) is 0 Å². The number of carboxylic acid groups (broad SMARTS) is 2. The molecule has 0 saturated carbocycles. The number of aliphatic hydroxyl groups is 1. The molecule has 3 unspecified atom stereocenters. The fourth-order valence-electron chi connectivity index (χ4n) is 4.80. The number of carbonyl (C=O) groups is 2. The van der Waals surface area contributed by atoms with Crippen molar-refractivity contribution in [3.8, 4) is 6.07 Å². The van der Waals surface area contributed by atoms with Crippen molar-refractivity contribution in [1.29, 1.82) is 5.26 Å². The Kier molecular flexibility index (Phi) is 6.80. The van der Waals surface area contributed by atoms with Crippen molar-refractivity contribution in [2.24, 2.45) is 11.1 Å².